The Morgan fingerprint density at radius 2 is 2.16 bits per heavy atom. The highest BCUT2D eigenvalue weighted by Crippen LogP contribution is 2.35. The minimum absolute atomic E-state index is 0.579. The van der Waals surface area contributed by atoms with E-state index in [4.69, 9.17) is 23.2 Å². The number of nitrogens with zero attached hydrogens (tertiary/aromatic N) is 2. The van der Waals surface area contributed by atoms with Gasteiger partial charge in [0.2, 0.25) is 0 Å². The Balaban J connectivity index is 2.22. The van der Waals surface area contributed by atoms with Crippen LogP contribution in [0.25, 0.3) is 0 Å². The molecule has 0 amide bonds. The molecule has 0 aromatic carbocycles. The lowest BCUT2D eigenvalue weighted by molar-refractivity contribution is 0.422. The summed E-state index contributed by atoms with van der Waals surface area (Å²) in [6, 6.07) is 1.78. The number of aromatic nitrogens is 1. The first-order valence-corrected chi connectivity index (χ1v) is 7.63. The molecule has 19 heavy (non-hydrogen) atoms. The molecule has 2 heterocycles. The second kappa shape index (κ2) is 6.19. The molecular formula is C14H21Cl2N3. The van der Waals surface area contributed by atoms with Crippen molar-refractivity contribution in [2.75, 3.05) is 29.9 Å². The van der Waals surface area contributed by atoms with Crippen LogP contribution in [0.2, 0.25) is 10.0 Å². The van der Waals surface area contributed by atoms with Gasteiger partial charge in [0.05, 0.1) is 10.0 Å². The van der Waals surface area contributed by atoms with Gasteiger partial charge in [0.1, 0.15) is 11.6 Å². The van der Waals surface area contributed by atoms with E-state index in [1.54, 1.807) is 6.07 Å². The first kappa shape index (κ1) is 14.7. The van der Waals surface area contributed by atoms with Crippen molar-refractivity contribution in [2.45, 2.75) is 27.2 Å². The number of rotatable bonds is 4. The molecule has 1 aliphatic rings. The Bertz CT molecular complexity index is 449. The third-order valence-electron chi connectivity index (χ3n) is 3.72. The molecule has 3 nitrogen and oxygen atoms in total. The number of pyridine rings is 1. The first-order chi connectivity index (χ1) is 9.02. The van der Waals surface area contributed by atoms with Crippen LogP contribution in [0.3, 0.4) is 0 Å². The fourth-order valence-electron chi connectivity index (χ4n) is 2.49. The molecule has 1 atom stereocenters. The zero-order valence-corrected chi connectivity index (χ0v) is 13.2. The van der Waals surface area contributed by atoms with Crippen LogP contribution in [-0.4, -0.2) is 24.6 Å². The molecule has 1 aromatic rings. The Kier molecular flexibility index (Phi) is 4.80. The SMILES string of the molecule is CCNc1nc(N2CCC(C(C)C)C2)c(Cl)cc1Cl. The fraction of sp³-hybridized carbons (Fsp3) is 0.643. The van der Waals surface area contributed by atoms with Gasteiger partial charge in [0.25, 0.3) is 0 Å². The summed E-state index contributed by atoms with van der Waals surface area (Å²) in [5.74, 6) is 2.99. The molecule has 1 aliphatic heterocycles. The van der Waals surface area contributed by atoms with Gasteiger partial charge in [0, 0.05) is 19.6 Å². The van der Waals surface area contributed by atoms with Crippen molar-refractivity contribution in [2.24, 2.45) is 11.8 Å². The van der Waals surface area contributed by atoms with Gasteiger partial charge in [-0.1, -0.05) is 37.0 Å². The number of nitrogens with one attached hydrogen (secondary N) is 1. The molecule has 2 rings (SSSR count). The molecule has 1 saturated heterocycles. The summed E-state index contributed by atoms with van der Waals surface area (Å²) in [5.41, 5.74) is 0. The maximum Gasteiger partial charge on any atom is 0.149 e. The van der Waals surface area contributed by atoms with E-state index < -0.39 is 0 Å². The third kappa shape index (κ3) is 3.26. The van der Waals surface area contributed by atoms with Crippen molar-refractivity contribution in [3.05, 3.63) is 16.1 Å². The van der Waals surface area contributed by atoms with E-state index in [-0.39, 0.29) is 0 Å². The zero-order chi connectivity index (χ0) is 14.0. The van der Waals surface area contributed by atoms with Gasteiger partial charge in [-0.15, -0.1) is 0 Å². The van der Waals surface area contributed by atoms with E-state index in [1.165, 1.54) is 6.42 Å². The van der Waals surface area contributed by atoms with Crippen LogP contribution < -0.4 is 10.2 Å². The van der Waals surface area contributed by atoms with Crippen LogP contribution in [0, 0.1) is 11.8 Å². The summed E-state index contributed by atoms with van der Waals surface area (Å²) in [4.78, 5) is 6.86. The summed E-state index contributed by atoms with van der Waals surface area (Å²) in [6.45, 7) is 9.41. The second-order valence-electron chi connectivity index (χ2n) is 5.39. The van der Waals surface area contributed by atoms with E-state index in [2.05, 4.69) is 29.0 Å². The van der Waals surface area contributed by atoms with Gasteiger partial charge in [0.15, 0.2) is 0 Å². The smallest absolute Gasteiger partial charge is 0.149 e. The third-order valence-corrected chi connectivity index (χ3v) is 4.29. The Morgan fingerprint density at radius 3 is 2.74 bits per heavy atom. The van der Waals surface area contributed by atoms with Crippen LogP contribution in [0.15, 0.2) is 6.07 Å². The van der Waals surface area contributed by atoms with Crippen LogP contribution in [0.1, 0.15) is 27.2 Å². The summed E-state index contributed by atoms with van der Waals surface area (Å²) >= 11 is 12.4. The molecule has 0 radical (unpaired) electrons. The van der Waals surface area contributed by atoms with Gasteiger partial charge in [-0.05, 0) is 31.2 Å². The van der Waals surface area contributed by atoms with Crippen molar-refractivity contribution in [3.63, 3.8) is 0 Å². The lowest BCUT2D eigenvalue weighted by atomic mass is 9.95. The van der Waals surface area contributed by atoms with Gasteiger partial charge < -0.3 is 10.2 Å². The zero-order valence-electron chi connectivity index (χ0n) is 11.7. The summed E-state index contributed by atoms with van der Waals surface area (Å²) in [6.07, 6.45) is 1.20. The minimum Gasteiger partial charge on any atom is -0.369 e. The monoisotopic (exact) mass is 301 g/mol. The molecule has 0 bridgehead atoms. The topological polar surface area (TPSA) is 28.2 Å². The van der Waals surface area contributed by atoms with Crippen LogP contribution >= 0.6 is 23.2 Å². The Labute approximate surface area is 125 Å². The van der Waals surface area contributed by atoms with E-state index in [1.807, 2.05) is 6.92 Å². The van der Waals surface area contributed by atoms with E-state index in [0.717, 1.165) is 37.2 Å². The van der Waals surface area contributed by atoms with E-state index >= 15 is 0 Å². The number of halogens is 2. The van der Waals surface area contributed by atoms with E-state index in [0.29, 0.717) is 16.0 Å². The summed E-state index contributed by atoms with van der Waals surface area (Å²) in [5, 5.41) is 4.39. The van der Waals surface area contributed by atoms with E-state index in [9.17, 15) is 0 Å². The molecule has 1 aromatic heterocycles. The molecule has 0 spiro atoms. The highest BCUT2D eigenvalue weighted by molar-refractivity contribution is 6.37. The van der Waals surface area contributed by atoms with Crippen LogP contribution in [0.4, 0.5) is 11.6 Å². The van der Waals surface area contributed by atoms with Crippen molar-refractivity contribution in [1.82, 2.24) is 4.98 Å². The molecule has 5 heteroatoms. The molecular weight excluding hydrogens is 281 g/mol. The predicted octanol–water partition coefficient (Wildman–Crippen LogP) is 4.30. The molecule has 1 fully saturated rings. The minimum atomic E-state index is 0.579. The van der Waals surface area contributed by atoms with Crippen molar-refractivity contribution in [3.8, 4) is 0 Å². The fourth-order valence-corrected chi connectivity index (χ4v) is 3.04. The average Bonchev–Trinajstić information content (AvgIpc) is 2.82. The lowest BCUT2D eigenvalue weighted by Gasteiger charge is -2.21. The van der Waals surface area contributed by atoms with Gasteiger partial charge >= 0.3 is 0 Å². The lowest BCUT2D eigenvalue weighted by Crippen LogP contribution is -2.23. The Hall–Kier alpha value is -0.670. The normalized spacial score (nSPS) is 19.3. The standard InChI is InChI=1S/C14H21Cl2N3/c1-4-17-13-11(15)7-12(16)14(18-13)19-6-5-10(8-19)9(2)3/h7,9-10H,4-6,8H2,1-3H3,(H,17,18). The second-order valence-corrected chi connectivity index (χ2v) is 6.21. The maximum atomic E-state index is 6.29. The van der Waals surface area contributed by atoms with Crippen LogP contribution in [-0.2, 0) is 0 Å². The van der Waals surface area contributed by atoms with Gasteiger partial charge in [-0.2, -0.15) is 0 Å². The number of hydrogen-bond acceptors (Lipinski definition) is 3. The van der Waals surface area contributed by atoms with Crippen molar-refractivity contribution in [1.29, 1.82) is 0 Å². The molecule has 1 unspecified atom stereocenters. The molecule has 106 valence electrons. The number of hydrogen-bond donors (Lipinski definition) is 1. The summed E-state index contributed by atoms with van der Waals surface area (Å²) in [7, 11) is 0. The average molecular weight is 302 g/mol. The van der Waals surface area contributed by atoms with Crippen molar-refractivity contribution >= 4 is 34.8 Å². The Morgan fingerprint density at radius 1 is 1.42 bits per heavy atom. The highest BCUT2D eigenvalue weighted by Gasteiger charge is 2.27. The largest absolute Gasteiger partial charge is 0.369 e. The molecule has 0 aliphatic carbocycles. The van der Waals surface area contributed by atoms with Gasteiger partial charge in [-0.3, -0.25) is 0 Å². The predicted molar refractivity (Wildman–Crippen MR) is 83.6 cm³/mol. The quantitative estimate of drug-likeness (QED) is 0.898. The van der Waals surface area contributed by atoms with Crippen LogP contribution in [0.5, 0.6) is 0 Å². The number of anilines is 2. The maximum absolute atomic E-state index is 6.29. The van der Waals surface area contributed by atoms with Gasteiger partial charge in [-0.25, -0.2) is 4.98 Å². The summed E-state index contributed by atoms with van der Waals surface area (Å²) < 4.78 is 0. The molecule has 0 saturated carbocycles. The van der Waals surface area contributed by atoms with Crippen molar-refractivity contribution < 1.29 is 0 Å². The first-order valence-electron chi connectivity index (χ1n) is 6.87. The highest BCUT2D eigenvalue weighted by atomic mass is 35.5. The molecule has 1 N–H and O–H groups in total.